The molecule has 21 heavy (non-hydrogen) atoms. The summed E-state index contributed by atoms with van der Waals surface area (Å²) in [5, 5.41) is 5.08. The smallest absolute Gasteiger partial charge is 0.242 e. The summed E-state index contributed by atoms with van der Waals surface area (Å²) in [6, 6.07) is -1.06. The molecule has 1 saturated heterocycles. The molecule has 0 saturated carbocycles. The van der Waals surface area contributed by atoms with E-state index < -0.39 is 12.1 Å². The maximum absolute atomic E-state index is 12.1. The fourth-order valence-corrected chi connectivity index (χ4v) is 2.19. The maximum atomic E-state index is 12.1. The number of likely N-dealkylation sites (tertiary alicyclic amines) is 1. The Morgan fingerprint density at radius 3 is 2.48 bits per heavy atom. The van der Waals surface area contributed by atoms with Crippen LogP contribution in [0.1, 0.15) is 26.7 Å². The van der Waals surface area contributed by atoms with Gasteiger partial charge in [-0.15, -0.1) is 12.4 Å². The summed E-state index contributed by atoms with van der Waals surface area (Å²) in [5.41, 5.74) is 5.70. The highest BCUT2D eigenvalue weighted by molar-refractivity contribution is 5.91. The number of carbonyl (C=O) groups excluding carboxylic acids is 3. The second-order valence-electron chi connectivity index (χ2n) is 5.35. The molecule has 8 heteroatoms. The van der Waals surface area contributed by atoms with Crippen LogP contribution in [0.15, 0.2) is 0 Å². The average molecular weight is 321 g/mol. The molecule has 1 fully saturated rings. The Bertz CT molecular complexity index is 390. The standard InChI is InChI=1S/C13H24N4O3.ClH/c1-8(2)11(14)13(20)16-7-10(18)17-6-4-5-9(17)12(19)15-3;/h8-9,11H,4-7,14H2,1-3H3,(H,15,19)(H,16,20);1H/t9?,11-;/m0./s1. The average Bonchev–Trinajstić information content (AvgIpc) is 2.91. The first-order valence-electron chi connectivity index (χ1n) is 6.92. The highest BCUT2D eigenvalue weighted by Crippen LogP contribution is 2.17. The van der Waals surface area contributed by atoms with Gasteiger partial charge in [-0.05, 0) is 18.8 Å². The van der Waals surface area contributed by atoms with Crippen LogP contribution in [-0.2, 0) is 14.4 Å². The summed E-state index contributed by atoms with van der Waals surface area (Å²) in [4.78, 5) is 36.9. The van der Waals surface area contributed by atoms with Crippen molar-refractivity contribution in [2.45, 2.75) is 38.8 Å². The number of amides is 3. The first-order valence-corrected chi connectivity index (χ1v) is 6.92. The number of rotatable bonds is 5. The number of likely N-dealkylation sites (N-methyl/N-ethyl adjacent to an activating group) is 1. The molecule has 1 aliphatic heterocycles. The van der Waals surface area contributed by atoms with Crippen LogP contribution >= 0.6 is 12.4 Å². The van der Waals surface area contributed by atoms with Gasteiger partial charge in [0.05, 0.1) is 12.6 Å². The lowest BCUT2D eigenvalue weighted by Gasteiger charge is -2.24. The quantitative estimate of drug-likeness (QED) is 0.619. The summed E-state index contributed by atoms with van der Waals surface area (Å²) in [6.45, 7) is 4.11. The zero-order valence-corrected chi connectivity index (χ0v) is 13.5. The Hall–Kier alpha value is -1.34. The van der Waals surface area contributed by atoms with Crippen LogP contribution in [-0.4, -0.2) is 54.8 Å². The van der Waals surface area contributed by atoms with Crippen molar-refractivity contribution >= 4 is 30.1 Å². The van der Waals surface area contributed by atoms with Crippen LogP contribution in [0.4, 0.5) is 0 Å². The highest BCUT2D eigenvalue weighted by Gasteiger charge is 2.33. The summed E-state index contributed by atoms with van der Waals surface area (Å²) >= 11 is 0. The van der Waals surface area contributed by atoms with E-state index in [9.17, 15) is 14.4 Å². The molecule has 0 radical (unpaired) electrons. The first-order chi connectivity index (χ1) is 9.38. The van der Waals surface area contributed by atoms with Crippen LogP contribution in [0.2, 0.25) is 0 Å². The Morgan fingerprint density at radius 2 is 1.95 bits per heavy atom. The van der Waals surface area contributed by atoms with Crippen molar-refractivity contribution in [3.63, 3.8) is 0 Å². The number of nitrogens with one attached hydrogen (secondary N) is 2. The maximum Gasteiger partial charge on any atom is 0.242 e. The lowest BCUT2D eigenvalue weighted by Crippen LogP contribution is -2.51. The molecule has 0 bridgehead atoms. The van der Waals surface area contributed by atoms with Gasteiger partial charge in [0.25, 0.3) is 0 Å². The molecule has 2 atom stereocenters. The number of hydrogen-bond donors (Lipinski definition) is 3. The number of halogens is 1. The summed E-state index contributed by atoms with van der Waals surface area (Å²) in [5.74, 6) is -0.749. The van der Waals surface area contributed by atoms with Gasteiger partial charge in [0.2, 0.25) is 17.7 Å². The van der Waals surface area contributed by atoms with E-state index in [4.69, 9.17) is 5.73 Å². The van der Waals surface area contributed by atoms with Crippen molar-refractivity contribution in [3.05, 3.63) is 0 Å². The molecule has 0 aromatic carbocycles. The number of nitrogens with zero attached hydrogens (tertiary/aromatic N) is 1. The molecule has 1 aliphatic rings. The molecule has 0 aromatic rings. The zero-order chi connectivity index (χ0) is 15.3. The molecule has 7 nitrogen and oxygen atoms in total. The minimum Gasteiger partial charge on any atom is -0.357 e. The predicted octanol–water partition coefficient (Wildman–Crippen LogP) is -0.755. The van der Waals surface area contributed by atoms with Crippen molar-refractivity contribution in [3.8, 4) is 0 Å². The number of carbonyl (C=O) groups is 3. The summed E-state index contributed by atoms with van der Waals surface area (Å²) < 4.78 is 0. The largest absolute Gasteiger partial charge is 0.357 e. The van der Waals surface area contributed by atoms with Gasteiger partial charge in [-0.25, -0.2) is 0 Å². The van der Waals surface area contributed by atoms with Crippen LogP contribution in [0, 0.1) is 5.92 Å². The fraction of sp³-hybridized carbons (Fsp3) is 0.769. The lowest BCUT2D eigenvalue weighted by atomic mass is 10.1. The summed E-state index contributed by atoms with van der Waals surface area (Å²) in [7, 11) is 1.55. The van der Waals surface area contributed by atoms with Gasteiger partial charge in [0.15, 0.2) is 0 Å². The predicted molar refractivity (Wildman–Crippen MR) is 81.9 cm³/mol. The van der Waals surface area contributed by atoms with Gasteiger partial charge in [-0.1, -0.05) is 13.8 Å². The summed E-state index contributed by atoms with van der Waals surface area (Å²) in [6.07, 6.45) is 1.45. The molecular weight excluding hydrogens is 296 g/mol. The Balaban J connectivity index is 0.00000400. The lowest BCUT2D eigenvalue weighted by molar-refractivity contribution is -0.138. The van der Waals surface area contributed by atoms with E-state index in [0.29, 0.717) is 13.0 Å². The van der Waals surface area contributed by atoms with E-state index in [1.165, 1.54) is 4.90 Å². The topological polar surface area (TPSA) is 105 Å². The Labute approximate surface area is 131 Å². The number of hydrogen-bond acceptors (Lipinski definition) is 4. The minimum atomic E-state index is -0.629. The van der Waals surface area contributed by atoms with Crippen LogP contribution < -0.4 is 16.4 Å². The third-order valence-corrected chi connectivity index (χ3v) is 3.56. The van der Waals surface area contributed by atoms with Crippen molar-refractivity contribution < 1.29 is 14.4 Å². The van der Waals surface area contributed by atoms with E-state index in [1.807, 2.05) is 13.8 Å². The zero-order valence-electron chi connectivity index (χ0n) is 12.7. The van der Waals surface area contributed by atoms with E-state index >= 15 is 0 Å². The van der Waals surface area contributed by atoms with Gasteiger partial charge in [0, 0.05) is 13.6 Å². The molecular formula is C13H25ClN4O3. The fourth-order valence-electron chi connectivity index (χ4n) is 2.19. The van der Waals surface area contributed by atoms with Crippen LogP contribution in [0.5, 0.6) is 0 Å². The van der Waals surface area contributed by atoms with Crippen molar-refractivity contribution in [2.75, 3.05) is 20.1 Å². The van der Waals surface area contributed by atoms with Crippen molar-refractivity contribution in [2.24, 2.45) is 11.7 Å². The SMILES string of the molecule is CNC(=O)C1CCCN1C(=O)CNC(=O)[C@@H](N)C(C)C.Cl. The van der Waals surface area contributed by atoms with Gasteiger partial charge < -0.3 is 21.3 Å². The molecule has 1 unspecified atom stereocenters. The van der Waals surface area contributed by atoms with Crippen molar-refractivity contribution in [1.82, 2.24) is 15.5 Å². The normalized spacial score (nSPS) is 18.9. The molecule has 1 heterocycles. The third-order valence-electron chi connectivity index (χ3n) is 3.56. The van der Waals surface area contributed by atoms with Crippen LogP contribution in [0.3, 0.4) is 0 Å². The van der Waals surface area contributed by atoms with Gasteiger partial charge >= 0.3 is 0 Å². The third kappa shape index (κ3) is 5.17. The molecule has 3 amide bonds. The molecule has 0 aromatic heterocycles. The van der Waals surface area contributed by atoms with E-state index in [2.05, 4.69) is 10.6 Å². The Morgan fingerprint density at radius 1 is 1.33 bits per heavy atom. The molecule has 0 aliphatic carbocycles. The van der Waals surface area contributed by atoms with Crippen molar-refractivity contribution in [1.29, 1.82) is 0 Å². The second-order valence-corrected chi connectivity index (χ2v) is 5.35. The van der Waals surface area contributed by atoms with E-state index in [0.717, 1.165) is 6.42 Å². The molecule has 122 valence electrons. The number of nitrogens with two attached hydrogens (primary N) is 1. The molecule has 0 spiro atoms. The van der Waals surface area contributed by atoms with Crippen LogP contribution in [0.25, 0.3) is 0 Å². The molecule has 1 rings (SSSR count). The van der Waals surface area contributed by atoms with E-state index in [1.54, 1.807) is 7.05 Å². The second kappa shape index (κ2) is 8.84. The van der Waals surface area contributed by atoms with Gasteiger partial charge in [-0.3, -0.25) is 14.4 Å². The van der Waals surface area contributed by atoms with Gasteiger partial charge in [0.1, 0.15) is 6.04 Å². The van der Waals surface area contributed by atoms with E-state index in [-0.39, 0.29) is 42.6 Å². The Kier molecular flexibility index (Phi) is 8.27. The minimum absolute atomic E-state index is 0. The monoisotopic (exact) mass is 320 g/mol. The molecule has 4 N–H and O–H groups in total. The van der Waals surface area contributed by atoms with Gasteiger partial charge in [-0.2, -0.15) is 0 Å². The first kappa shape index (κ1) is 19.7. The highest BCUT2D eigenvalue weighted by atomic mass is 35.5.